The van der Waals surface area contributed by atoms with Crippen LogP contribution in [0.2, 0.25) is 0 Å². The van der Waals surface area contributed by atoms with Gasteiger partial charge in [0.15, 0.2) is 0 Å². The maximum atomic E-state index is 12.9. The number of rotatable bonds is 4. The number of alkyl halides is 3. The van der Waals surface area contributed by atoms with Gasteiger partial charge in [-0.3, -0.25) is 0 Å². The number of halogens is 3. The van der Waals surface area contributed by atoms with E-state index in [1.165, 1.54) is 24.2 Å². The van der Waals surface area contributed by atoms with Crippen LogP contribution in [-0.2, 0) is 6.18 Å². The number of thioether (sulfide) groups is 1. The number of hydrogen-bond acceptors (Lipinski definition) is 3. The van der Waals surface area contributed by atoms with Crippen LogP contribution in [0.4, 0.5) is 19.0 Å². The second-order valence-electron chi connectivity index (χ2n) is 4.99. The summed E-state index contributed by atoms with van der Waals surface area (Å²) in [4.78, 5) is 4.28. The van der Waals surface area contributed by atoms with Crippen molar-refractivity contribution in [1.29, 1.82) is 0 Å². The molecule has 20 heavy (non-hydrogen) atoms. The Hall–Kier alpha value is -0.910. The molecule has 0 bridgehead atoms. The van der Waals surface area contributed by atoms with Gasteiger partial charge in [0.05, 0.1) is 10.6 Å². The lowest BCUT2D eigenvalue weighted by atomic mass is 10.0. The van der Waals surface area contributed by atoms with Gasteiger partial charge in [0.1, 0.15) is 5.82 Å². The Morgan fingerprint density at radius 1 is 1.25 bits per heavy atom. The number of hydrogen-bond donors (Lipinski definition) is 1. The van der Waals surface area contributed by atoms with E-state index in [-0.39, 0.29) is 0 Å². The van der Waals surface area contributed by atoms with Crippen LogP contribution in [0.1, 0.15) is 44.6 Å². The number of nitrogens with zero attached hydrogens (tertiary/aromatic N) is 1. The topological polar surface area (TPSA) is 24.9 Å². The molecule has 6 heteroatoms. The number of nitrogens with one attached hydrogen (secondary N) is 1. The first-order chi connectivity index (χ1) is 9.49. The van der Waals surface area contributed by atoms with Gasteiger partial charge in [-0.2, -0.15) is 13.2 Å². The molecule has 1 aromatic rings. The number of aromatic nitrogens is 1. The van der Waals surface area contributed by atoms with Crippen LogP contribution < -0.4 is 5.32 Å². The molecule has 112 valence electrons. The Labute approximate surface area is 121 Å². The summed E-state index contributed by atoms with van der Waals surface area (Å²) in [6.45, 7) is 2.40. The van der Waals surface area contributed by atoms with E-state index in [0.29, 0.717) is 22.6 Å². The average molecular weight is 304 g/mol. The van der Waals surface area contributed by atoms with Crippen LogP contribution in [0.25, 0.3) is 0 Å². The maximum Gasteiger partial charge on any atom is 0.416 e. The van der Waals surface area contributed by atoms with Crippen LogP contribution in [0.3, 0.4) is 0 Å². The van der Waals surface area contributed by atoms with Crippen molar-refractivity contribution in [3.05, 3.63) is 17.7 Å². The first-order valence-electron chi connectivity index (χ1n) is 6.99. The second kappa shape index (κ2) is 6.70. The Morgan fingerprint density at radius 3 is 2.55 bits per heavy atom. The molecule has 1 heterocycles. The summed E-state index contributed by atoms with van der Waals surface area (Å²) in [5.41, 5.74) is -0.623. The van der Waals surface area contributed by atoms with Crippen LogP contribution in [0.15, 0.2) is 17.2 Å². The van der Waals surface area contributed by atoms with Gasteiger partial charge in [-0.1, -0.05) is 19.3 Å². The van der Waals surface area contributed by atoms with E-state index in [1.54, 1.807) is 0 Å². The minimum absolute atomic E-state index is 0.306. The molecule has 1 aliphatic rings. The molecule has 0 radical (unpaired) electrons. The first kappa shape index (κ1) is 15.5. The number of anilines is 1. The normalized spacial score (nSPS) is 17.2. The molecule has 0 aromatic carbocycles. The highest BCUT2D eigenvalue weighted by Crippen LogP contribution is 2.37. The largest absolute Gasteiger partial charge is 0.416 e. The molecular weight excluding hydrogens is 285 g/mol. The van der Waals surface area contributed by atoms with E-state index in [2.05, 4.69) is 10.3 Å². The van der Waals surface area contributed by atoms with E-state index >= 15 is 0 Å². The summed E-state index contributed by atoms with van der Waals surface area (Å²) in [6, 6.07) is 2.24. The fourth-order valence-corrected chi connectivity index (χ4v) is 3.61. The molecule has 1 saturated carbocycles. The summed E-state index contributed by atoms with van der Waals surface area (Å²) in [7, 11) is 0. The Morgan fingerprint density at radius 2 is 1.95 bits per heavy atom. The fourth-order valence-electron chi connectivity index (χ4n) is 2.35. The van der Waals surface area contributed by atoms with Gasteiger partial charge in [0.25, 0.3) is 0 Å². The Balaban J connectivity index is 2.19. The van der Waals surface area contributed by atoms with Crippen LogP contribution in [0.5, 0.6) is 0 Å². The van der Waals surface area contributed by atoms with E-state index in [0.717, 1.165) is 31.7 Å². The van der Waals surface area contributed by atoms with Crippen LogP contribution >= 0.6 is 11.8 Å². The average Bonchev–Trinajstić information content (AvgIpc) is 2.39. The van der Waals surface area contributed by atoms with Crippen molar-refractivity contribution in [3.8, 4) is 0 Å². The predicted octanol–water partition coefficient (Wildman–Crippen LogP) is 4.96. The van der Waals surface area contributed by atoms with E-state index in [1.807, 2.05) is 6.92 Å². The van der Waals surface area contributed by atoms with Gasteiger partial charge in [0, 0.05) is 11.8 Å². The van der Waals surface area contributed by atoms with Gasteiger partial charge in [-0.15, -0.1) is 11.8 Å². The van der Waals surface area contributed by atoms with Crippen molar-refractivity contribution in [3.63, 3.8) is 0 Å². The van der Waals surface area contributed by atoms with E-state index in [4.69, 9.17) is 0 Å². The smallest absolute Gasteiger partial charge is 0.370 e. The molecule has 0 spiro atoms. The molecule has 1 aliphatic carbocycles. The lowest BCUT2D eigenvalue weighted by molar-refractivity contribution is -0.137. The highest BCUT2D eigenvalue weighted by atomic mass is 32.2. The monoisotopic (exact) mass is 304 g/mol. The highest BCUT2D eigenvalue weighted by Gasteiger charge is 2.32. The minimum Gasteiger partial charge on any atom is -0.370 e. The molecule has 1 fully saturated rings. The summed E-state index contributed by atoms with van der Waals surface area (Å²) in [6.07, 6.45) is 1.37. The fraction of sp³-hybridized carbons (Fsp3) is 0.643. The molecule has 2 rings (SSSR count). The van der Waals surface area contributed by atoms with E-state index < -0.39 is 11.7 Å². The summed E-state index contributed by atoms with van der Waals surface area (Å²) < 4.78 is 38.7. The highest BCUT2D eigenvalue weighted by molar-refractivity contribution is 7.99. The number of pyridine rings is 1. The van der Waals surface area contributed by atoms with Crippen molar-refractivity contribution in [2.24, 2.45) is 0 Å². The molecule has 0 saturated heterocycles. The Bertz CT molecular complexity index is 443. The van der Waals surface area contributed by atoms with Gasteiger partial charge in [-0.05, 0) is 31.9 Å². The van der Waals surface area contributed by atoms with Crippen LogP contribution in [-0.4, -0.2) is 16.8 Å². The molecule has 1 aromatic heterocycles. The third kappa shape index (κ3) is 4.30. The molecule has 0 amide bonds. The van der Waals surface area contributed by atoms with Crippen molar-refractivity contribution < 1.29 is 13.2 Å². The van der Waals surface area contributed by atoms with Crippen molar-refractivity contribution in [2.45, 2.75) is 55.5 Å². The van der Waals surface area contributed by atoms with Crippen LogP contribution in [0, 0.1) is 0 Å². The zero-order valence-corrected chi connectivity index (χ0v) is 12.3. The molecule has 2 nitrogen and oxygen atoms in total. The summed E-state index contributed by atoms with van der Waals surface area (Å²) >= 11 is 1.48. The van der Waals surface area contributed by atoms with Gasteiger partial charge >= 0.3 is 6.18 Å². The summed E-state index contributed by atoms with van der Waals surface area (Å²) in [5, 5.41) is 3.75. The quantitative estimate of drug-likeness (QED) is 0.851. The molecule has 0 atom stereocenters. The first-order valence-corrected chi connectivity index (χ1v) is 7.87. The third-order valence-electron chi connectivity index (χ3n) is 3.33. The van der Waals surface area contributed by atoms with Gasteiger partial charge in [0.2, 0.25) is 0 Å². The zero-order chi connectivity index (χ0) is 14.6. The molecule has 0 aliphatic heterocycles. The lowest BCUT2D eigenvalue weighted by Gasteiger charge is -2.21. The molecular formula is C14H19F3N2S. The van der Waals surface area contributed by atoms with Gasteiger partial charge < -0.3 is 5.32 Å². The maximum absolute atomic E-state index is 12.9. The van der Waals surface area contributed by atoms with Crippen molar-refractivity contribution in [1.82, 2.24) is 4.98 Å². The third-order valence-corrected chi connectivity index (χ3v) is 4.58. The SMILES string of the molecule is CCNc1cc(C(F)(F)F)cc(SC2CCCCC2)n1. The van der Waals surface area contributed by atoms with E-state index in [9.17, 15) is 13.2 Å². The lowest BCUT2D eigenvalue weighted by Crippen LogP contribution is -2.11. The van der Waals surface area contributed by atoms with Gasteiger partial charge in [-0.25, -0.2) is 4.98 Å². The molecule has 1 N–H and O–H groups in total. The standard InChI is InChI=1S/C14H19F3N2S/c1-2-18-12-8-10(14(15,16)17)9-13(19-12)20-11-6-4-3-5-7-11/h8-9,11H,2-7H2,1H3,(H,18,19). The van der Waals surface area contributed by atoms with Crippen molar-refractivity contribution in [2.75, 3.05) is 11.9 Å². The Kier molecular flexibility index (Phi) is 5.18. The predicted molar refractivity (Wildman–Crippen MR) is 76.1 cm³/mol. The zero-order valence-electron chi connectivity index (χ0n) is 11.5. The minimum atomic E-state index is -4.32. The molecule has 0 unspecified atom stereocenters. The second-order valence-corrected chi connectivity index (χ2v) is 6.31. The van der Waals surface area contributed by atoms with Crippen molar-refractivity contribution >= 4 is 17.6 Å². The summed E-state index contributed by atoms with van der Waals surface area (Å²) in [5.74, 6) is 0.306.